The molecule has 0 aliphatic rings. The van der Waals surface area contributed by atoms with E-state index in [1.54, 1.807) is 6.92 Å². The van der Waals surface area contributed by atoms with Crippen molar-refractivity contribution in [3.8, 4) is 0 Å². The van der Waals surface area contributed by atoms with Crippen LogP contribution in [0, 0.1) is 0 Å². The molecule has 26 heavy (non-hydrogen) atoms. The Labute approximate surface area is 167 Å². The van der Waals surface area contributed by atoms with Gasteiger partial charge in [-0.05, 0) is 78.8 Å². The van der Waals surface area contributed by atoms with Crippen molar-refractivity contribution >= 4 is 46.1 Å². The molecule has 0 spiro atoms. The van der Waals surface area contributed by atoms with Gasteiger partial charge in [-0.2, -0.15) is 0 Å². The van der Waals surface area contributed by atoms with E-state index in [4.69, 9.17) is 13.0 Å². The molecule has 0 atom stereocenters. The van der Waals surface area contributed by atoms with Gasteiger partial charge in [-0.25, -0.2) is 4.79 Å². The molecular weight excluding hydrogens is 409 g/mol. The number of esters is 1. The molecule has 0 aliphatic heterocycles. The van der Waals surface area contributed by atoms with E-state index in [2.05, 4.69) is 72.0 Å². The SMILES string of the molecule is C=C(C)C(=O)OCCC[SiH]([Si](C)(C)O[Si](C)(C)C)[Si](C)(C)O[Si](C)(C)C. The second-order valence-corrected chi connectivity index (χ2v) is 42.7. The average molecular weight is 451 g/mol. The van der Waals surface area contributed by atoms with Crippen molar-refractivity contribution in [1.29, 1.82) is 0 Å². The molecule has 0 aliphatic carbocycles. The molecule has 0 unspecified atom stereocenters. The summed E-state index contributed by atoms with van der Waals surface area (Å²) in [5.74, 6) is -0.284. The predicted molar refractivity (Wildman–Crippen MR) is 126 cm³/mol. The van der Waals surface area contributed by atoms with Crippen LogP contribution in [0.4, 0.5) is 0 Å². The van der Waals surface area contributed by atoms with Gasteiger partial charge < -0.3 is 13.0 Å². The van der Waals surface area contributed by atoms with E-state index >= 15 is 0 Å². The van der Waals surface area contributed by atoms with Crippen molar-refractivity contribution in [1.82, 2.24) is 0 Å². The van der Waals surface area contributed by atoms with Crippen LogP contribution in [0.5, 0.6) is 0 Å². The normalized spacial score (nSPS) is 13.8. The van der Waals surface area contributed by atoms with Gasteiger partial charge in [0.05, 0.1) is 14.4 Å². The number of hydrogen-bond donors (Lipinski definition) is 0. The highest BCUT2D eigenvalue weighted by Gasteiger charge is 2.49. The Morgan fingerprint density at radius 1 is 0.846 bits per heavy atom. The number of carbonyl (C=O) groups is 1. The molecule has 0 bridgehead atoms. The lowest BCUT2D eigenvalue weighted by Crippen LogP contribution is -2.68. The van der Waals surface area contributed by atoms with Crippen molar-refractivity contribution in [2.45, 2.75) is 84.9 Å². The summed E-state index contributed by atoms with van der Waals surface area (Å²) in [6.45, 7) is 29.2. The second-order valence-electron chi connectivity index (χ2n) is 10.2. The van der Waals surface area contributed by atoms with Gasteiger partial charge in [0.2, 0.25) is 0 Å². The van der Waals surface area contributed by atoms with Gasteiger partial charge in [-0.15, -0.1) is 0 Å². The van der Waals surface area contributed by atoms with Gasteiger partial charge in [0, 0.05) is 5.57 Å². The van der Waals surface area contributed by atoms with Gasteiger partial charge in [0.15, 0.2) is 32.3 Å². The summed E-state index contributed by atoms with van der Waals surface area (Å²) in [4.78, 5) is 11.6. The van der Waals surface area contributed by atoms with Crippen molar-refractivity contribution in [3.05, 3.63) is 12.2 Å². The van der Waals surface area contributed by atoms with E-state index in [9.17, 15) is 4.79 Å². The molecule has 0 rings (SSSR count). The molecule has 0 aromatic heterocycles. The van der Waals surface area contributed by atoms with Crippen LogP contribution < -0.4 is 0 Å². The van der Waals surface area contributed by atoms with Gasteiger partial charge in [-0.1, -0.05) is 12.6 Å². The zero-order valence-corrected chi connectivity index (χ0v) is 24.2. The summed E-state index contributed by atoms with van der Waals surface area (Å²) in [6, 6.07) is 1.14. The minimum Gasteiger partial charge on any atom is -0.462 e. The summed E-state index contributed by atoms with van der Waals surface area (Å²) in [5, 5.41) is 0. The summed E-state index contributed by atoms with van der Waals surface area (Å²) >= 11 is 0. The van der Waals surface area contributed by atoms with E-state index in [-0.39, 0.29) is 5.97 Å². The Morgan fingerprint density at radius 2 is 1.23 bits per heavy atom. The summed E-state index contributed by atoms with van der Waals surface area (Å²) < 4.78 is 18.9. The second kappa shape index (κ2) is 9.61. The van der Waals surface area contributed by atoms with Crippen LogP contribution in [-0.4, -0.2) is 52.7 Å². The van der Waals surface area contributed by atoms with E-state index in [0.717, 1.165) is 12.5 Å². The fraction of sp³-hybridized carbons (Fsp3) is 0.824. The first-order valence-corrected chi connectivity index (χ1v) is 26.7. The smallest absolute Gasteiger partial charge is 0.333 e. The first kappa shape index (κ1) is 26.2. The lowest BCUT2D eigenvalue weighted by molar-refractivity contribution is -0.138. The Bertz CT molecular complexity index is 464. The summed E-state index contributed by atoms with van der Waals surface area (Å²) in [7, 11) is -8.04. The minimum atomic E-state index is -1.80. The average Bonchev–Trinajstić information content (AvgIpc) is 2.30. The van der Waals surface area contributed by atoms with E-state index < -0.39 is 40.1 Å². The quantitative estimate of drug-likeness (QED) is 0.192. The third-order valence-electron chi connectivity index (χ3n) is 4.04. The molecule has 0 saturated carbocycles. The molecule has 0 aromatic carbocycles. The van der Waals surface area contributed by atoms with Crippen LogP contribution in [0.25, 0.3) is 0 Å². The van der Waals surface area contributed by atoms with Gasteiger partial charge in [-0.3, -0.25) is 0 Å². The number of carbonyl (C=O) groups excluding carboxylic acids is 1. The first-order valence-electron chi connectivity index (χ1n) is 9.60. The Hall–Kier alpha value is 0.214. The first-order chi connectivity index (χ1) is 11.4. The van der Waals surface area contributed by atoms with Crippen molar-refractivity contribution in [3.63, 3.8) is 0 Å². The summed E-state index contributed by atoms with van der Waals surface area (Å²) in [6.07, 6.45) is 0.910. The van der Waals surface area contributed by atoms with Gasteiger partial charge in [0.1, 0.15) is 0 Å². The van der Waals surface area contributed by atoms with Crippen LogP contribution in [0.1, 0.15) is 13.3 Å². The standard InChI is InChI=1S/C17H42O4Si5/c1-16(2)17(18)19-14-13-15-22(25(9,10)20-23(3,4)5)26(11,12)21-24(6,7)8/h22H,1,13-15H2,2-12H3. The number of hydrogen-bond acceptors (Lipinski definition) is 4. The minimum absolute atomic E-state index is 0.284. The monoisotopic (exact) mass is 450 g/mol. The lowest BCUT2D eigenvalue weighted by Gasteiger charge is -2.45. The van der Waals surface area contributed by atoms with Gasteiger partial charge >= 0.3 is 5.97 Å². The number of rotatable bonds is 11. The molecule has 4 nitrogen and oxygen atoms in total. The largest absolute Gasteiger partial charge is 0.462 e. The van der Waals surface area contributed by atoms with Crippen molar-refractivity contribution in [2.24, 2.45) is 0 Å². The molecule has 9 heteroatoms. The lowest BCUT2D eigenvalue weighted by atomic mass is 10.4. The molecule has 0 aromatic rings. The van der Waals surface area contributed by atoms with Crippen LogP contribution >= 0.6 is 0 Å². The third-order valence-corrected chi connectivity index (χ3v) is 43.9. The Balaban J connectivity index is 5.29. The molecular formula is C17H42O4Si5. The van der Waals surface area contributed by atoms with Crippen LogP contribution in [0.3, 0.4) is 0 Å². The maximum Gasteiger partial charge on any atom is 0.333 e. The highest BCUT2D eigenvalue weighted by molar-refractivity contribution is 7.58. The van der Waals surface area contributed by atoms with Gasteiger partial charge in [0.25, 0.3) is 0 Å². The zero-order chi connectivity index (χ0) is 21.0. The third kappa shape index (κ3) is 10.5. The van der Waals surface area contributed by atoms with Crippen LogP contribution in [0.2, 0.25) is 71.5 Å². The molecule has 0 amide bonds. The molecule has 0 saturated heterocycles. The Morgan fingerprint density at radius 3 is 1.54 bits per heavy atom. The maximum absolute atomic E-state index is 11.6. The fourth-order valence-electron chi connectivity index (χ4n) is 3.83. The molecule has 0 radical (unpaired) electrons. The summed E-state index contributed by atoms with van der Waals surface area (Å²) in [5.41, 5.74) is 0.465. The maximum atomic E-state index is 11.6. The van der Waals surface area contributed by atoms with E-state index in [1.165, 1.54) is 0 Å². The molecule has 0 heterocycles. The van der Waals surface area contributed by atoms with E-state index in [1.807, 2.05) is 0 Å². The number of ether oxygens (including phenoxy) is 1. The highest BCUT2D eigenvalue weighted by atomic mass is 29.6. The Kier molecular flexibility index (Phi) is 9.69. The van der Waals surface area contributed by atoms with Crippen molar-refractivity contribution < 1.29 is 17.8 Å². The van der Waals surface area contributed by atoms with Crippen LogP contribution in [0.15, 0.2) is 12.2 Å². The van der Waals surface area contributed by atoms with E-state index in [0.29, 0.717) is 12.2 Å². The predicted octanol–water partition coefficient (Wildman–Crippen LogP) is 4.99. The molecule has 0 N–H and O–H groups in total. The molecule has 0 fully saturated rings. The molecule has 154 valence electrons. The highest BCUT2D eigenvalue weighted by Crippen LogP contribution is 2.29. The van der Waals surface area contributed by atoms with Crippen LogP contribution in [-0.2, 0) is 17.8 Å². The fourth-order valence-corrected chi connectivity index (χ4v) is 58.8. The topological polar surface area (TPSA) is 44.8 Å². The van der Waals surface area contributed by atoms with Crippen molar-refractivity contribution in [2.75, 3.05) is 6.61 Å². The zero-order valence-electron chi connectivity index (χ0n) is 19.0.